The van der Waals surface area contributed by atoms with Gasteiger partial charge in [-0.05, 0) is 81.8 Å². The van der Waals surface area contributed by atoms with E-state index in [1.54, 1.807) is 13.0 Å². The molecule has 1 aliphatic heterocycles. The second-order valence-corrected chi connectivity index (χ2v) is 9.36. The van der Waals surface area contributed by atoms with Crippen molar-refractivity contribution in [1.82, 2.24) is 4.90 Å². The Morgan fingerprint density at radius 3 is 2.80 bits per heavy atom. The number of aliphatic hydroxyl groups is 1. The van der Waals surface area contributed by atoms with E-state index in [9.17, 15) is 14.3 Å². The lowest BCUT2D eigenvalue weighted by molar-refractivity contribution is -0.136. The van der Waals surface area contributed by atoms with Crippen molar-refractivity contribution in [2.75, 3.05) is 26.3 Å². The minimum Gasteiger partial charge on any atom is -0.494 e. The molecule has 1 aliphatic rings. The number of aliphatic hydroxyl groups excluding tert-OH is 1. The molecular weight excluding hydrogens is 449 g/mol. The molecule has 0 amide bonds. The molecule has 0 radical (unpaired) electrons. The second kappa shape index (κ2) is 13.0. The highest BCUT2D eigenvalue weighted by Crippen LogP contribution is 2.30. The predicted molar refractivity (Wildman–Crippen MR) is 133 cm³/mol. The van der Waals surface area contributed by atoms with E-state index >= 15 is 0 Å². The van der Waals surface area contributed by atoms with Crippen molar-refractivity contribution in [2.45, 2.75) is 71.1 Å². The molecule has 2 aromatic rings. The first-order chi connectivity index (χ1) is 16.8. The number of nitrogens with zero attached hydrogens (tertiary/aromatic N) is 1. The molecule has 0 aliphatic carbocycles. The maximum atomic E-state index is 14.0. The summed E-state index contributed by atoms with van der Waals surface area (Å²) in [5, 5.41) is 19.9. The largest absolute Gasteiger partial charge is 0.494 e. The highest BCUT2D eigenvalue weighted by atomic mass is 19.1. The number of carboxylic acids is 1. The predicted octanol–water partition coefficient (Wildman–Crippen LogP) is 4.70. The number of rotatable bonds is 13. The summed E-state index contributed by atoms with van der Waals surface area (Å²) < 4.78 is 25.7. The van der Waals surface area contributed by atoms with E-state index in [1.807, 2.05) is 44.2 Å². The zero-order chi connectivity index (χ0) is 25.4. The smallest absolute Gasteiger partial charge is 0.303 e. The summed E-state index contributed by atoms with van der Waals surface area (Å²) in [6.45, 7) is 7.63. The molecule has 1 fully saturated rings. The van der Waals surface area contributed by atoms with Crippen LogP contribution in [0.1, 0.15) is 61.5 Å². The van der Waals surface area contributed by atoms with Crippen LogP contribution in [0.5, 0.6) is 5.75 Å². The summed E-state index contributed by atoms with van der Waals surface area (Å²) in [4.78, 5) is 13.4. The lowest BCUT2D eigenvalue weighted by atomic mass is 9.98. The topological polar surface area (TPSA) is 79.2 Å². The van der Waals surface area contributed by atoms with Crippen LogP contribution >= 0.6 is 0 Å². The second-order valence-electron chi connectivity index (χ2n) is 9.36. The fourth-order valence-corrected chi connectivity index (χ4v) is 4.82. The third-order valence-electron chi connectivity index (χ3n) is 6.69. The first kappa shape index (κ1) is 27.1. The molecule has 0 saturated carbocycles. The van der Waals surface area contributed by atoms with Crippen LogP contribution < -0.4 is 4.74 Å². The molecule has 1 heterocycles. The third kappa shape index (κ3) is 7.75. The number of carboxylic acid groups (broad SMARTS) is 1. The Bertz CT molecular complexity index is 982. The summed E-state index contributed by atoms with van der Waals surface area (Å²) in [6.07, 6.45) is 2.22. The van der Waals surface area contributed by atoms with Crippen molar-refractivity contribution in [1.29, 1.82) is 0 Å². The quantitative estimate of drug-likeness (QED) is 0.427. The van der Waals surface area contributed by atoms with Crippen LogP contribution in [0, 0.1) is 12.7 Å². The number of aliphatic carboxylic acids is 1. The molecule has 0 unspecified atom stereocenters. The SMILES string of the molecule is CCOc1cccc([C@@H](C)OC[C@H](O)CN2CCC[C@H]2Cc2ccc(C)c(F)c2)c1CCC(=O)O. The number of benzene rings is 2. The number of hydrogen-bond donors (Lipinski definition) is 2. The van der Waals surface area contributed by atoms with Crippen molar-refractivity contribution in [3.8, 4) is 5.75 Å². The molecule has 35 heavy (non-hydrogen) atoms. The molecule has 1 saturated heterocycles. The van der Waals surface area contributed by atoms with Crippen molar-refractivity contribution < 1.29 is 28.9 Å². The Labute approximate surface area is 207 Å². The van der Waals surface area contributed by atoms with Crippen LogP contribution in [0.2, 0.25) is 0 Å². The molecule has 6 nitrogen and oxygen atoms in total. The number of hydrogen-bond acceptors (Lipinski definition) is 5. The van der Waals surface area contributed by atoms with E-state index in [0.29, 0.717) is 30.9 Å². The summed E-state index contributed by atoms with van der Waals surface area (Å²) >= 11 is 0. The summed E-state index contributed by atoms with van der Waals surface area (Å²) in [5.74, 6) is -0.361. The normalized spacial score (nSPS) is 17.9. The van der Waals surface area contributed by atoms with Gasteiger partial charge in [0.1, 0.15) is 11.6 Å². The first-order valence-corrected chi connectivity index (χ1v) is 12.5. The standard InChI is InChI=1S/C28H38FNO5/c1-4-34-27-9-5-8-24(25(27)12-13-28(32)33)20(3)35-18-23(31)17-30-14-6-7-22(30)15-21-11-10-19(2)26(29)16-21/h5,8-11,16,20,22-23,31H,4,6-7,12-15,17-18H2,1-3H3,(H,32,33)/t20-,22+,23-/m1/s1. The van der Waals surface area contributed by atoms with Crippen LogP contribution in [0.4, 0.5) is 4.39 Å². The van der Waals surface area contributed by atoms with E-state index in [0.717, 1.165) is 42.5 Å². The number of β-amino-alcohol motifs (C(OH)–C–C–N with tert-alkyl or cyclic N) is 1. The summed E-state index contributed by atoms with van der Waals surface area (Å²) in [6, 6.07) is 11.3. The average Bonchev–Trinajstić information content (AvgIpc) is 3.25. The Morgan fingerprint density at radius 2 is 2.09 bits per heavy atom. The number of halogens is 1. The van der Waals surface area contributed by atoms with Gasteiger partial charge in [-0.25, -0.2) is 4.39 Å². The van der Waals surface area contributed by atoms with E-state index in [4.69, 9.17) is 14.6 Å². The van der Waals surface area contributed by atoms with Crippen LogP contribution in [-0.2, 0) is 22.4 Å². The van der Waals surface area contributed by atoms with Crippen LogP contribution in [-0.4, -0.2) is 59.5 Å². The average molecular weight is 488 g/mol. The molecule has 2 N–H and O–H groups in total. The van der Waals surface area contributed by atoms with E-state index in [2.05, 4.69) is 4.90 Å². The molecular formula is C28H38FNO5. The van der Waals surface area contributed by atoms with Crippen molar-refractivity contribution in [3.63, 3.8) is 0 Å². The van der Waals surface area contributed by atoms with Crippen LogP contribution in [0.15, 0.2) is 36.4 Å². The van der Waals surface area contributed by atoms with Gasteiger partial charge in [0, 0.05) is 24.6 Å². The Balaban J connectivity index is 1.57. The molecule has 0 aromatic heterocycles. The molecule has 2 aromatic carbocycles. The number of ether oxygens (including phenoxy) is 2. The highest BCUT2D eigenvalue weighted by molar-refractivity contribution is 5.67. The van der Waals surface area contributed by atoms with Gasteiger partial charge >= 0.3 is 5.97 Å². The highest BCUT2D eigenvalue weighted by Gasteiger charge is 2.27. The number of carbonyl (C=O) groups is 1. The zero-order valence-electron chi connectivity index (χ0n) is 21.0. The molecule has 3 rings (SSSR count). The van der Waals surface area contributed by atoms with Gasteiger partial charge in [0.25, 0.3) is 0 Å². The van der Waals surface area contributed by atoms with Gasteiger partial charge in [-0.3, -0.25) is 9.69 Å². The molecule has 192 valence electrons. The monoisotopic (exact) mass is 487 g/mol. The van der Waals surface area contributed by atoms with Gasteiger partial charge in [-0.1, -0.05) is 24.3 Å². The van der Waals surface area contributed by atoms with E-state index < -0.39 is 12.1 Å². The molecule has 0 bridgehead atoms. The molecule has 7 heteroatoms. The van der Waals surface area contributed by atoms with Gasteiger partial charge in [0.05, 0.1) is 25.4 Å². The zero-order valence-corrected chi connectivity index (χ0v) is 21.0. The fourth-order valence-electron chi connectivity index (χ4n) is 4.82. The van der Waals surface area contributed by atoms with E-state index in [1.165, 1.54) is 0 Å². The van der Waals surface area contributed by atoms with Gasteiger partial charge in [-0.15, -0.1) is 0 Å². The van der Waals surface area contributed by atoms with Crippen LogP contribution in [0.3, 0.4) is 0 Å². The van der Waals surface area contributed by atoms with Gasteiger partial charge < -0.3 is 19.7 Å². The maximum absolute atomic E-state index is 14.0. The third-order valence-corrected chi connectivity index (χ3v) is 6.69. The van der Waals surface area contributed by atoms with Crippen LogP contribution in [0.25, 0.3) is 0 Å². The Hall–Kier alpha value is -2.48. The van der Waals surface area contributed by atoms with Crippen molar-refractivity contribution in [3.05, 3.63) is 64.5 Å². The van der Waals surface area contributed by atoms with Gasteiger partial charge in [0.2, 0.25) is 0 Å². The molecule has 0 spiro atoms. The van der Waals surface area contributed by atoms with E-state index in [-0.39, 0.29) is 31.0 Å². The van der Waals surface area contributed by atoms with Gasteiger partial charge in [0.15, 0.2) is 0 Å². The molecule has 3 atom stereocenters. The fraction of sp³-hybridized carbons (Fsp3) is 0.536. The minimum atomic E-state index is -0.861. The lowest BCUT2D eigenvalue weighted by Crippen LogP contribution is -2.39. The number of likely N-dealkylation sites (tertiary alicyclic amines) is 1. The Morgan fingerprint density at radius 1 is 1.29 bits per heavy atom. The summed E-state index contributed by atoms with van der Waals surface area (Å²) in [5.41, 5.74) is 3.34. The Kier molecular flexibility index (Phi) is 10.1. The lowest BCUT2D eigenvalue weighted by Gasteiger charge is -2.28. The van der Waals surface area contributed by atoms with Gasteiger partial charge in [-0.2, -0.15) is 0 Å². The van der Waals surface area contributed by atoms with Crippen molar-refractivity contribution >= 4 is 5.97 Å². The maximum Gasteiger partial charge on any atom is 0.303 e. The summed E-state index contributed by atoms with van der Waals surface area (Å²) in [7, 11) is 0. The number of aryl methyl sites for hydroxylation is 1. The van der Waals surface area contributed by atoms with Crippen molar-refractivity contribution in [2.24, 2.45) is 0 Å². The minimum absolute atomic E-state index is 0.00760. The first-order valence-electron chi connectivity index (χ1n) is 12.5.